The maximum absolute atomic E-state index is 12.4. The Hall–Kier alpha value is -2.33. The fraction of sp³-hybridized carbons (Fsp3) is 0.300. The van der Waals surface area contributed by atoms with Crippen LogP contribution in [0.1, 0.15) is 42.5 Å². The van der Waals surface area contributed by atoms with Gasteiger partial charge in [-0.2, -0.15) is 5.10 Å². The van der Waals surface area contributed by atoms with E-state index in [2.05, 4.69) is 0 Å². The molecule has 1 unspecified atom stereocenters. The molecule has 0 aromatic heterocycles. The second kappa shape index (κ2) is 6.89. The summed E-state index contributed by atoms with van der Waals surface area (Å²) in [5.74, 6) is 0.0103. The highest BCUT2D eigenvalue weighted by atomic mass is 35.5. The van der Waals surface area contributed by atoms with E-state index in [0.29, 0.717) is 11.4 Å². The Kier molecular flexibility index (Phi) is 4.82. The summed E-state index contributed by atoms with van der Waals surface area (Å²) < 4.78 is 0. The number of hydrogen-bond donors (Lipinski definition) is 1. The standard InChI is InChI=1S/C20H22ClN3O/c1-4-19(25)24-13(3)10-14-5-7-16(21)11-17(14)20(23-24)15-6-8-18(22)12(2)9-15/h5-9,11,13H,4,10,22H2,1-3H3. The Bertz CT molecular complexity index is 860. The van der Waals surface area contributed by atoms with Gasteiger partial charge in [0.25, 0.3) is 0 Å². The Morgan fingerprint density at radius 3 is 2.76 bits per heavy atom. The molecule has 1 heterocycles. The van der Waals surface area contributed by atoms with E-state index >= 15 is 0 Å². The molecule has 0 saturated carbocycles. The first kappa shape index (κ1) is 17.5. The van der Waals surface area contributed by atoms with Gasteiger partial charge in [-0.15, -0.1) is 0 Å². The summed E-state index contributed by atoms with van der Waals surface area (Å²) in [6.07, 6.45) is 1.15. The Balaban J connectivity index is 2.23. The van der Waals surface area contributed by atoms with Crippen molar-refractivity contribution in [1.82, 2.24) is 5.01 Å². The van der Waals surface area contributed by atoms with Crippen LogP contribution >= 0.6 is 11.6 Å². The largest absolute Gasteiger partial charge is 0.399 e. The number of nitrogen functional groups attached to an aromatic ring is 1. The molecule has 2 aromatic rings. The van der Waals surface area contributed by atoms with Crippen LogP contribution in [-0.4, -0.2) is 22.7 Å². The van der Waals surface area contributed by atoms with Gasteiger partial charge in [-0.3, -0.25) is 4.79 Å². The summed E-state index contributed by atoms with van der Waals surface area (Å²) in [5, 5.41) is 7.01. The van der Waals surface area contributed by atoms with Crippen LogP contribution in [0.15, 0.2) is 41.5 Å². The van der Waals surface area contributed by atoms with Gasteiger partial charge in [0, 0.05) is 28.3 Å². The van der Waals surface area contributed by atoms with Crippen molar-refractivity contribution in [3.63, 3.8) is 0 Å². The number of carbonyl (C=O) groups excluding carboxylic acids is 1. The predicted octanol–water partition coefficient (Wildman–Crippen LogP) is 4.17. The molecule has 1 atom stereocenters. The van der Waals surface area contributed by atoms with E-state index in [9.17, 15) is 4.79 Å². The average molecular weight is 356 g/mol. The number of rotatable bonds is 2. The number of benzene rings is 2. The van der Waals surface area contributed by atoms with E-state index in [4.69, 9.17) is 22.4 Å². The molecular formula is C20H22ClN3O. The van der Waals surface area contributed by atoms with Crippen LogP contribution in [0.5, 0.6) is 0 Å². The summed E-state index contributed by atoms with van der Waals surface area (Å²) >= 11 is 6.25. The quantitative estimate of drug-likeness (QED) is 0.822. The number of amides is 1. The van der Waals surface area contributed by atoms with Crippen LogP contribution < -0.4 is 5.73 Å². The number of fused-ring (bicyclic) bond motifs is 1. The lowest BCUT2D eigenvalue weighted by molar-refractivity contribution is -0.132. The van der Waals surface area contributed by atoms with Crippen molar-refractivity contribution in [1.29, 1.82) is 0 Å². The Labute approximate surface area is 153 Å². The number of hydrazone groups is 1. The molecule has 0 radical (unpaired) electrons. The van der Waals surface area contributed by atoms with Gasteiger partial charge in [-0.25, -0.2) is 5.01 Å². The fourth-order valence-corrected chi connectivity index (χ4v) is 3.28. The molecule has 25 heavy (non-hydrogen) atoms. The highest BCUT2D eigenvalue weighted by molar-refractivity contribution is 6.31. The molecule has 1 aliphatic heterocycles. The molecule has 0 fully saturated rings. The number of carbonyl (C=O) groups is 1. The zero-order valence-electron chi connectivity index (χ0n) is 14.7. The van der Waals surface area contributed by atoms with Crippen molar-refractivity contribution in [2.45, 2.75) is 39.7 Å². The lowest BCUT2D eigenvalue weighted by Crippen LogP contribution is -2.34. The third-order valence-corrected chi connectivity index (χ3v) is 4.80. The van der Waals surface area contributed by atoms with Crippen LogP contribution in [0.3, 0.4) is 0 Å². The highest BCUT2D eigenvalue weighted by Crippen LogP contribution is 2.27. The number of nitrogens with two attached hydrogens (primary N) is 1. The van der Waals surface area contributed by atoms with E-state index in [-0.39, 0.29) is 11.9 Å². The molecule has 0 saturated heterocycles. The van der Waals surface area contributed by atoms with Gasteiger partial charge in [0.15, 0.2) is 0 Å². The normalized spacial score (nSPS) is 16.9. The van der Waals surface area contributed by atoms with Gasteiger partial charge in [-0.05, 0) is 55.7 Å². The molecule has 5 heteroatoms. The second-order valence-electron chi connectivity index (χ2n) is 6.47. The summed E-state index contributed by atoms with van der Waals surface area (Å²) in [5.41, 5.74) is 11.5. The first-order chi connectivity index (χ1) is 11.9. The van der Waals surface area contributed by atoms with Crippen LogP contribution in [-0.2, 0) is 11.2 Å². The lowest BCUT2D eigenvalue weighted by atomic mass is 9.94. The van der Waals surface area contributed by atoms with E-state index in [1.807, 2.05) is 57.2 Å². The van der Waals surface area contributed by atoms with Crippen LogP contribution in [0.2, 0.25) is 5.02 Å². The van der Waals surface area contributed by atoms with Gasteiger partial charge in [0.2, 0.25) is 5.91 Å². The molecule has 1 amide bonds. The van der Waals surface area contributed by atoms with E-state index in [0.717, 1.165) is 40.1 Å². The molecule has 1 aliphatic rings. The third kappa shape index (κ3) is 3.40. The minimum Gasteiger partial charge on any atom is -0.399 e. The van der Waals surface area contributed by atoms with Crippen LogP contribution in [0.25, 0.3) is 0 Å². The van der Waals surface area contributed by atoms with Gasteiger partial charge in [0.1, 0.15) is 0 Å². The minimum atomic E-state index is -0.0141. The molecule has 0 bridgehead atoms. The molecular weight excluding hydrogens is 334 g/mol. The van der Waals surface area contributed by atoms with Gasteiger partial charge < -0.3 is 5.73 Å². The topological polar surface area (TPSA) is 58.7 Å². The SMILES string of the molecule is CCC(=O)N1N=C(c2ccc(N)c(C)c2)c2cc(Cl)ccc2CC1C. The number of nitrogens with zero attached hydrogens (tertiary/aromatic N) is 2. The van der Waals surface area contributed by atoms with Crippen molar-refractivity contribution in [2.75, 3.05) is 5.73 Å². The average Bonchev–Trinajstić information content (AvgIpc) is 2.73. The molecule has 2 aromatic carbocycles. The first-order valence-electron chi connectivity index (χ1n) is 8.46. The van der Waals surface area contributed by atoms with Crippen molar-refractivity contribution in [3.05, 3.63) is 63.7 Å². The number of hydrogen-bond acceptors (Lipinski definition) is 3. The number of anilines is 1. The predicted molar refractivity (Wildman–Crippen MR) is 103 cm³/mol. The van der Waals surface area contributed by atoms with Gasteiger partial charge in [-0.1, -0.05) is 30.7 Å². The molecule has 2 N–H and O–H groups in total. The van der Waals surface area contributed by atoms with E-state index in [1.54, 1.807) is 5.01 Å². The van der Waals surface area contributed by atoms with Crippen molar-refractivity contribution in [3.8, 4) is 0 Å². The van der Waals surface area contributed by atoms with Crippen molar-refractivity contribution < 1.29 is 4.79 Å². The summed E-state index contributed by atoms with van der Waals surface area (Å²) in [7, 11) is 0. The van der Waals surface area contributed by atoms with E-state index in [1.165, 1.54) is 0 Å². The van der Waals surface area contributed by atoms with Crippen LogP contribution in [0.4, 0.5) is 5.69 Å². The summed E-state index contributed by atoms with van der Waals surface area (Å²) in [4.78, 5) is 12.4. The zero-order valence-corrected chi connectivity index (χ0v) is 15.5. The Morgan fingerprint density at radius 2 is 2.08 bits per heavy atom. The monoisotopic (exact) mass is 355 g/mol. The Morgan fingerprint density at radius 1 is 1.32 bits per heavy atom. The lowest BCUT2D eigenvalue weighted by Gasteiger charge is -2.22. The van der Waals surface area contributed by atoms with Gasteiger partial charge >= 0.3 is 0 Å². The van der Waals surface area contributed by atoms with Crippen LogP contribution in [0, 0.1) is 6.92 Å². The molecule has 3 rings (SSSR count). The van der Waals surface area contributed by atoms with Gasteiger partial charge in [0.05, 0.1) is 11.8 Å². The fourth-order valence-electron chi connectivity index (χ4n) is 3.11. The molecule has 4 nitrogen and oxygen atoms in total. The first-order valence-corrected chi connectivity index (χ1v) is 8.84. The summed E-state index contributed by atoms with van der Waals surface area (Å²) in [6.45, 7) is 5.84. The smallest absolute Gasteiger partial charge is 0.242 e. The third-order valence-electron chi connectivity index (χ3n) is 4.57. The van der Waals surface area contributed by atoms with E-state index < -0.39 is 0 Å². The number of halogens is 1. The molecule has 0 spiro atoms. The number of aryl methyl sites for hydroxylation is 1. The maximum Gasteiger partial charge on any atom is 0.242 e. The summed E-state index contributed by atoms with van der Waals surface area (Å²) in [6, 6.07) is 11.6. The minimum absolute atomic E-state index is 0.0103. The second-order valence-corrected chi connectivity index (χ2v) is 6.90. The molecule has 0 aliphatic carbocycles. The van der Waals surface area contributed by atoms with Crippen molar-refractivity contribution >= 4 is 28.9 Å². The maximum atomic E-state index is 12.4. The van der Waals surface area contributed by atoms with Crippen molar-refractivity contribution in [2.24, 2.45) is 5.10 Å². The zero-order chi connectivity index (χ0) is 18.1. The molecule has 130 valence electrons. The highest BCUT2D eigenvalue weighted by Gasteiger charge is 2.26.